The third kappa shape index (κ3) is 3.45. The van der Waals surface area contributed by atoms with Gasteiger partial charge in [-0.05, 0) is 43.0 Å². The number of aromatic carboxylic acids is 1. The predicted molar refractivity (Wildman–Crippen MR) is 92.0 cm³/mol. The maximum Gasteiger partial charge on any atom is 0.335 e. The molecule has 136 valence electrons. The standard InChI is InChI=1S/C20H19F2NO3/c21-15-5-6-16(17(22)12-15)20(8-2-9-20)19(26)23-10-7-13-3-1-4-14(11-13)18(24)25/h1,3-6,11-12H,2,7-10H2,(H,23,26)(H,24,25). The van der Waals surface area contributed by atoms with Crippen LogP contribution in [0.25, 0.3) is 0 Å². The predicted octanol–water partition coefficient (Wildman–Crippen LogP) is 3.44. The molecule has 0 radical (unpaired) electrons. The Morgan fingerprint density at radius 1 is 1.12 bits per heavy atom. The van der Waals surface area contributed by atoms with Crippen LogP contribution in [0.3, 0.4) is 0 Å². The van der Waals surface area contributed by atoms with Gasteiger partial charge in [0.05, 0.1) is 11.0 Å². The molecule has 0 heterocycles. The Bertz CT molecular complexity index is 847. The maximum atomic E-state index is 14.2. The average Bonchev–Trinajstić information content (AvgIpc) is 2.56. The topological polar surface area (TPSA) is 66.4 Å². The summed E-state index contributed by atoms with van der Waals surface area (Å²) in [7, 11) is 0. The van der Waals surface area contributed by atoms with Crippen LogP contribution in [0.5, 0.6) is 0 Å². The van der Waals surface area contributed by atoms with Crippen LogP contribution in [0.15, 0.2) is 42.5 Å². The molecule has 2 aromatic carbocycles. The smallest absolute Gasteiger partial charge is 0.335 e. The first-order valence-corrected chi connectivity index (χ1v) is 8.48. The van der Waals surface area contributed by atoms with E-state index in [0.717, 1.165) is 18.1 Å². The SMILES string of the molecule is O=C(O)c1cccc(CCNC(=O)C2(c3ccc(F)cc3F)CCC2)c1. The highest BCUT2D eigenvalue weighted by Crippen LogP contribution is 2.45. The molecule has 1 aliphatic carbocycles. The van der Waals surface area contributed by atoms with E-state index >= 15 is 0 Å². The van der Waals surface area contributed by atoms with Crippen LogP contribution in [0.1, 0.15) is 40.7 Å². The maximum absolute atomic E-state index is 14.2. The van der Waals surface area contributed by atoms with Gasteiger partial charge in [-0.3, -0.25) is 4.79 Å². The molecule has 0 unspecified atom stereocenters. The van der Waals surface area contributed by atoms with Crippen LogP contribution in [0.4, 0.5) is 8.78 Å². The van der Waals surface area contributed by atoms with Gasteiger partial charge >= 0.3 is 5.97 Å². The minimum atomic E-state index is -1.00. The second-order valence-corrected chi connectivity index (χ2v) is 6.57. The molecule has 0 spiro atoms. The molecule has 0 aliphatic heterocycles. The monoisotopic (exact) mass is 359 g/mol. The van der Waals surface area contributed by atoms with Crippen LogP contribution < -0.4 is 5.32 Å². The van der Waals surface area contributed by atoms with Crippen molar-refractivity contribution < 1.29 is 23.5 Å². The number of benzene rings is 2. The summed E-state index contributed by atoms with van der Waals surface area (Å²) in [6.07, 6.45) is 2.32. The Hall–Kier alpha value is -2.76. The van der Waals surface area contributed by atoms with Crippen molar-refractivity contribution in [2.75, 3.05) is 6.54 Å². The molecule has 0 aromatic heterocycles. The van der Waals surface area contributed by atoms with E-state index in [4.69, 9.17) is 5.11 Å². The minimum Gasteiger partial charge on any atom is -0.478 e. The molecule has 2 aromatic rings. The number of carboxylic acids is 1. The van der Waals surface area contributed by atoms with Gasteiger partial charge in [-0.2, -0.15) is 0 Å². The molecule has 0 saturated heterocycles. The van der Waals surface area contributed by atoms with Gasteiger partial charge in [-0.25, -0.2) is 13.6 Å². The number of hydrogen-bond acceptors (Lipinski definition) is 2. The van der Waals surface area contributed by atoms with Crippen molar-refractivity contribution in [2.24, 2.45) is 0 Å². The van der Waals surface area contributed by atoms with Crippen molar-refractivity contribution in [1.29, 1.82) is 0 Å². The third-order valence-electron chi connectivity index (χ3n) is 4.96. The summed E-state index contributed by atoms with van der Waals surface area (Å²) >= 11 is 0. The normalized spacial score (nSPS) is 15.2. The lowest BCUT2D eigenvalue weighted by Crippen LogP contribution is -2.50. The Balaban J connectivity index is 1.67. The van der Waals surface area contributed by atoms with Crippen molar-refractivity contribution >= 4 is 11.9 Å². The van der Waals surface area contributed by atoms with E-state index in [9.17, 15) is 18.4 Å². The molecule has 1 fully saturated rings. The number of halogens is 2. The molecule has 3 rings (SSSR count). The largest absolute Gasteiger partial charge is 0.478 e. The van der Waals surface area contributed by atoms with E-state index in [2.05, 4.69) is 5.32 Å². The van der Waals surface area contributed by atoms with Gasteiger partial charge in [0.25, 0.3) is 0 Å². The molecule has 6 heteroatoms. The van der Waals surface area contributed by atoms with Crippen LogP contribution in [0.2, 0.25) is 0 Å². The van der Waals surface area contributed by atoms with Gasteiger partial charge in [0.1, 0.15) is 11.6 Å². The highest BCUT2D eigenvalue weighted by Gasteiger charge is 2.47. The van der Waals surface area contributed by atoms with Crippen molar-refractivity contribution in [3.05, 3.63) is 70.8 Å². The summed E-state index contributed by atoms with van der Waals surface area (Å²) in [5, 5.41) is 11.8. The zero-order chi connectivity index (χ0) is 18.7. The average molecular weight is 359 g/mol. The van der Waals surface area contributed by atoms with Crippen LogP contribution in [-0.2, 0) is 16.6 Å². The Morgan fingerprint density at radius 3 is 2.50 bits per heavy atom. The van der Waals surface area contributed by atoms with Gasteiger partial charge in [0, 0.05) is 18.2 Å². The third-order valence-corrected chi connectivity index (χ3v) is 4.96. The first kappa shape index (κ1) is 18.0. The number of amides is 1. The number of rotatable bonds is 6. The number of hydrogen-bond donors (Lipinski definition) is 2. The van der Waals surface area contributed by atoms with E-state index in [-0.39, 0.29) is 17.0 Å². The molecule has 1 saturated carbocycles. The Morgan fingerprint density at radius 2 is 1.88 bits per heavy atom. The molecule has 1 aliphatic rings. The summed E-state index contributed by atoms with van der Waals surface area (Å²) in [5.74, 6) is -2.65. The summed E-state index contributed by atoms with van der Waals surface area (Å²) in [6.45, 7) is 0.312. The van der Waals surface area contributed by atoms with Gasteiger partial charge in [-0.15, -0.1) is 0 Å². The molecule has 26 heavy (non-hydrogen) atoms. The molecule has 0 atom stereocenters. The van der Waals surface area contributed by atoms with Gasteiger partial charge < -0.3 is 10.4 Å². The Labute approximate surface area is 149 Å². The van der Waals surface area contributed by atoms with Crippen molar-refractivity contribution in [3.8, 4) is 0 Å². The molecular weight excluding hydrogens is 340 g/mol. The lowest BCUT2D eigenvalue weighted by molar-refractivity contribution is -0.130. The molecular formula is C20H19F2NO3. The fourth-order valence-corrected chi connectivity index (χ4v) is 3.38. The molecule has 2 N–H and O–H groups in total. The van der Waals surface area contributed by atoms with Gasteiger partial charge in [0.15, 0.2) is 0 Å². The van der Waals surface area contributed by atoms with Crippen molar-refractivity contribution in [2.45, 2.75) is 31.1 Å². The summed E-state index contributed by atoms with van der Waals surface area (Å²) < 4.78 is 27.3. The highest BCUT2D eigenvalue weighted by atomic mass is 19.1. The van der Waals surface area contributed by atoms with Crippen molar-refractivity contribution in [1.82, 2.24) is 5.32 Å². The second-order valence-electron chi connectivity index (χ2n) is 6.57. The fourth-order valence-electron chi connectivity index (χ4n) is 3.38. The van der Waals surface area contributed by atoms with Crippen molar-refractivity contribution in [3.63, 3.8) is 0 Å². The lowest BCUT2D eigenvalue weighted by Gasteiger charge is -2.40. The van der Waals surface area contributed by atoms with Crippen LogP contribution in [0, 0.1) is 11.6 Å². The lowest BCUT2D eigenvalue weighted by atomic mass is 9.63. The zero-order valence-electron chi connectivity index (χ0n) is 14.1. The summed E-state index contributed by atoms with van der Waals surface area (Å²) in [5.41, 5.74) is 0.273. The first-order chi connectivity index (χ1) is 12.4. The number of carbonyl (C=O) groups is 2. The first-order valence-electron chi connectivity index (χ1n) is 8.48. The Kier molecular flexibility index (Phi) is 5.02. The van der Waals surface area contributed by atoms with Crippen LogP contribution in [-0.4, -0.2) is 23.5 Å². The second kappa shape index (κ2) is 7.23. The van der Waals surface area contributed by atoms with Gasteiger partial charge in [0.2, 0.25) is 5.91 Å². The number of carbonyl (C=O) groups excluding carboxylic acids is 1. The minimum absolute atomic E-state index is 0.192. The number of carboxylic acid groups (broad SMARTS) is 1. The van der Waals surface area contributed by atoms with E-state index in [1.165, 1.54) is 18.2 Å². The molecule has 1 amide bonds. The van der Waals surface area contributed by atoms with Crippen LogP contribution >= 0.6 is 0 Å². The molecule has 0 bridgehead atoms. The highest BCUT2D eigenvalue weighted by molar-refractivity contribution is 5.89. The van der Waals surface area contributed by atoms with E-state index < -0.39 is 23.0 Å². The quantitative estimate of drug-likeness (QED) is 0.830. The molecule has 4 nitrogen and oxygen atoms in total. The summed E-state index contributed by atoms with van der Waals surface area (Å²) in [6, 6.07) is 9.83. The van der Waals surface area contributed by atoms with Gasteiger partial charge in [-0.1, -0.05) is 24.6 Å². The van der Waals surface area contributed by atoms with E-state index in [1.807, 2.05) is 0 Å². The fraction of sp³-hybridized carbons (Fsp3) is 0.300. The van der Waals surface area contributed by atoms with E-state index in [1.54, 1.807) is 18.2 Å². The number of nitrogens with one attached hydrogen (secondary N) is 1. The zero-order valence-corrected chi connectivity index (χ0v) is 14.1. The van der Waals surface area contributed by atoms with E-state index in [0.29, 0.717) is 25.8 Å². The summed E-state index contributed by atoms with van der Waals surface area (Å²) in [4.78, 5) is 23.7.